The first-order valence-electron chi connectivity index (χ1n) is 12.8. The van der Waals surface area contributed by atoms with E-state index in [9.17, 15) is 13.9 Å². The summed E-state index contributed by atoms with van der Waals surface area (Å²) in [6.45, 7) is 7.79. The minimum Gasteiger partial charge on any atom is -0.493 e. The summed E-state index contributed by atoms with van der Waals surface area (Å²) in [5.74, 6) is -3.12. The van der Waals surface area contributed by atoms with Crippen molar-refractivity contribution in [3.63, 3.8) is 0 Å². The van der Waals surface area contributed by atoms with Gasteiger partial charge in [-0.3, -0.25) is 0 Å². The molecule has 0 unspecified atom stereocenters. The number of rotatable bonds is 9. The van der Waals surface area contributed by atoms with Gasteiger partial charge in [0.05, 0.1) is 30.8 Å². The number of ether oxygens (including phenoxy) is 3. The van der Waals surface area contributed by atoms with Crippen molar-refractivity contribution in [1.29, 1.82) is 0 Å². The molecule has 1 aliphatic heterocycles. The molecule has 3 aromatic rings. The van der Waals surface area contributed by atoms with Crippen LogP contribution < -0.4 is 14.8 Å². The number of nitrogens with zero attached hydrogens (tertiary/aromatic N) is 3. The molecular weight excluding hydrogens is 513 g/mol. The number of likely N-dealkylation sites (N-methyl/N-ethyl adjacent to an activating group) is 1. The van der Waals surface area contributed by atoms with E-state index in [1.54, 1.807) is 26.0 Å². The van der Waals surface area contributed by atoms with Gasteiger partial charge in [0, 0.05) is 30.1 Å². The van der Waals surface area contributed by atoms with Gasteiger partial charge >= 0.3 is 5.92 Å². The number of hydrogen-bond donors (Lipinski definition) is 2. The number of halogens is 3. The number of methoxy groups -OCH3 is 1. The first-order chi connectivity index (χ1) is 18.3. The number of aromatic nitrogens is 2. The molecule has 1 aromatic heterocycles. The van der Waals surface area contributed by atoms with Crippen molar-refractivity contribution < 1.29 is 32.5 Å². The van der Waals surface area contributed by atoms with Gasteiger partial charge in [0.1, 0.15) is 35.8 Å². The highest BCUT2D eigenvalue weighted by atomic mass is 19.3. The molecule has 2 N–H and O–H groups in total. The van der Waals surface area contributed by atoms with E-state index < -0.39 is 28.9 Å². The number of hydrogen-bond acceptors (Lipinski definition) is 8. The van der Waals surface area contributed by atoms with Gasteiger partial charge in [0.25, 0.3) is 0 Å². The zero-order valence-corrected chi connectivity index (χ0v) is 23.0. The van der Waals surface area contributed by atoms with Gasteiger partial charge in [-0.05, 0) is 46.9 Å². The Morgan fingerprint density at radius 3 is 2.64 bits per heavy atom. The van der Waals surface area contributed by atoms with E-state index in [0.717, 1.165) is 33.0 Å². The van der Waals surface area contributed by atoms with E-state index in [0.29, 0.717) is 47.3 Å². The van der Waals surface area contributed by atoms with E-state index in [4.69, 9.17) is 14.2 Å². The van der Waals surface area contributed by atoms with Crippen LogP contribution in [0.15, 0.2) is 30.3 Å². The SMILES string of the molecule is COc1cc2nc(C)nc(N[C@H](C)c3cccc(C(F)(F)C(C)(C)O)c3F)c2cc1OC[C@H]1CN(C)CCO1. The number of aliphatic hydroxyl groups is 1. The normalized spacial score (nSPS) is 17.7. The average Bonchev–Trinajstić information content (AvgIpc) is 2.86. The Hall–Kier alpha value is -3.15. The Morgan fingerprint density at radius 2 is 1.97 bits per heavy atom. The molecule has 8 nitrogen and oxygen atoms in total. The molecule has 0 radical (unpaired) electrons. The maximum Gasteiger partial charge on any atom is 0.303 e. The summed E-state index contributed by atoms with van der Waals surface area (Å²) in [5.41, 5.74) is -2.75. The number of alkyl halides is 2. The third-order valence-electron chi connectivity index (χ3n) is 6.81. The van der Waals surface area contributed by atoms with Crippen LogP contribution in [0, 0.1) is 12.7 Å². The Bertz CT molecular complexity index is 1330. The number of anilines is 1. The molecule has 2 aromatic carbocycles. The number of benzene rings is 2. The van der Waals surface area contributed by atoms with E-state index in [1.165, 1.54) is 19.2 Å². The van der Waals surface area contributed by atoms with Crippen molar-refractivity contribution in [3.8, 4) is 11.5 Å². The van der Waals surface area contributed by atoms with Gasteiger partial charge in [-0.2, -0.15) is 8.78 Å². The summed E-state index contributed by atoms with van der Waals surface area (Å²) in [5, 5.41) is 13.7. The lowest BCUT2D eigenvalue weighted by molar-refractivity contribution is -0.170. The van der Waals surface area contributed by atoms with Crippen LogP contribution in [0.3, 0.4) is 0 Å². The summed E-state index contributed by atoms with van der Waals surface area (Å²) >= 11 is 0. The Kier molecular flexibility index (Phi) is 8.25. The lowest BCUT2D eigenvalue weighted by Crippen LogP contribution is -2.42. The maximum atomic E-state index is 15.4. The highest BCUT2D eigenvalue weighted by Crippen LogP contribution is 2.42. The largest absolute Gasteiger partial charge is 0.493 e. The minimum atomic E-state index is -3.80. The van der Waals surface area contributed by atoms with Gasteiger partial charge in [0.15, 0.2) is 11.5 Å². The van der Waals surface area contributed by atoms with Crippen molar-refractivity contribution in [2.24, 2.45) is 0 Å². The molecule has 2 heterocycles. The molecule has 212 valence electrons. The van der Waals surface area contributed by atoms with E-state index in [2.05, 4.69) is 20.2 Å². The third kappa shape index (κ3) is 6.05. The van der Waals surface area contributed by atoms with Crippen LogP contribution in [0.1, 0.15) is 43.8 Å². The van der Waals surface area contributed by atoms with E-state index in [-0.39, 0.29) is 11.7 Å². The van der Waals surface area contributed by atoms with Crippen LogP contribution in [0.4, 0.5) is 19.0 Å². The van der Waals surface area contributed by atoms with Crippen LogP contribution in [-0.2, 0) is 10.7 Å². The molecule has 0 bridgehead atoms. The van der Waals surface area contributed by atoms with Gasteiger partial charge in [0.2, 0.25) is 0 Å². The fourth-order valence-corrected chi connectivity index (χ4v) is 4.52. The first-order valence-corrected chi connectivity index (χ1v) is 12.8. The minimum absolute atomic E-state index is 0.00407. The van der Waals surface area contributed by atoms with Crippen LogP contribution in [0.25, 0.3) is 10.9 Å². The average molecular weight is 549 g/mol. The van der Waals surface area contributed by atoms with E-state index >= 15 is 4.39 Å². The molecule has 1 saturated heterocycles. The first kappa shape index (κ1) is 28.8. The topological polar surface area (TPSA) is 89.0 Å². The second-order valence-corrected chi connectivity index (χ2v) is 10.4. The van der Waals surface area contributed by atoms with Crippen molar-refractivity contribution >= 4 is 16.7 Å². The number of morpholine rings is 1. The molecule has 1 aliphatic rings. The Morgan fingerprint density at radius 1 is 1.23 bits per heavy atom. The zero-order valence-electron chi connectivity index (χ0n) is 23.0. The number of nitrogens with one attached hydrogen (secondary N) is 1. The summed E-state index contributed by atoms with van der Waals surface area (Å²) in [4.78, 5) is 11.2. The number of fused-ring (bicyclic) bond motifs is 1. The molecule has 4 rings (SSSR count). The molecule has 1 fully saturated rings. The predicted molar refractivity (Wildman–Crippen MR) is 142 cm³/mol. The van der Waals surface area contributed by atoms with Crippen LogP contribution in [-0.4, -0.2) is 72.1 Å². The Labute approximate surface area is 226 Å². The monoisotopic (exact) mass is 548 g/mol. The quantitative estimate of drug-likeness (QED) is 0.393. The second kappa shape index (κ2) is 11.1. The smallest absolute Gasteiger partial charge is 0.303 e. The summed E-state index contributed by atoms with van der Waals surface area (Å²) in [6, 6.07) is 6.47. The highest BCUT2D eigenvalue weighted by molar-refractivity contribution is 5.92. The van der Waals surface area contributed by atoms with E-state index in [1.807, 2.05) is 7.05 Å². The lowest BCUT2D eigenvalue weighted by atomic mass is 9.91. The summed E-state index contributed by atoms with van der Waals surface area (Å²) in [7, 11) is 3.56. The van der Waals surface area contributed by atoms with Crippen molar-refractivity contribution in [3.05, 3.63) is 53.1 Å². The Balaban J connectivity index is 1.66. The summed E-state index contributed by atoms with van der Waals surface area (Å²) in [6.07, 6.45) is -0.103. The summed E-state index contributed by atoms with van der Waals surface area (Å²) < 4.78 is 62.5. The second-order valence-electron chi connectivity index (χ2n) is 10.4. The highest BCUT2D eigenvalue weighted by Gasteiger charge is 2.49. The van der Waals surface area contributed by atoms with Crippen LogP contribution >= 0.6 is 0 Å². The predicted octanol–water partition coefficient (Wildman–Crippen LogP) is 4.83. The maximum absolute atomic E-state index is 15.4. The van der Waals surface area contributed by atoms with Crippen molar-refractivity contribution in [2.75, 3.05) is 45.8 Å². The molecule has 0 aliphatic carbocycles. The van der Waals surface area contributed by atoms with Gasteiger partial charge in [-0.1, -0.05) is 12.1 Å². The molecule has 0 saturated carbocycles. The molecule has 11 heteroatoms. The molecular formula is C28H35F3N4O4. The molecule has 2 atom stereocenters. The molecule has 0 spiro atoms. The fraction of sp³-hybridized carbons (Fsp3) is 0.500. The van der Waals surface area contributed by atoms with Gasteiger partial charge < -0.3 is 29.5 Å². The zero-order chi connectivity index (χ0) is 28.5. The number of aryl methyl sites for hydroxylation is 1. The molecule has 0 amide bonds. The molecule has 39 heavy (non-hydrogen) atoms. The van der Waals surface area contributed by atoms with Crippen molar-refractivity contribution in [2.45, 2.75) is 51.4 Å². The van der Waals surface area contributed by atoms with Crippen LogP contribution in [0.5, 0.6) is 11.5 Å². The van der Waals surface area contributed by atoms with Gasteiger partial charge in [-0.25, -0.2) is 14.4 Å². The lowest BCUT2D eigenvalue weighted by Gasteiger charge is -2.30. The third-order valence-corrected chi connectivity index (χ3v) is 6.81. The van der Waals surface area contributed by atoms with Crippen molar-refractivity contribution in [1.82, 2.24) is 14.9 Å². The van der Waals surface area contributed by atoms with Crippen LogP contribution in [0.2, 0.25) is 0 Å². The van der Waals surface area contributed by atoms with Gasteiger partial charge in [-0.15, -0.1) is 0 Å². The fourth-order valence-electron chi connectivity index (χ4n) is 4.52. The standard InChI is InChI=1S/C28H35F3N4O4/c1-16(19-8-7-9-21(25(19)29)28(30,31)27(3,4)36)32-26-20-12-24(39-15-18-14-35(5)10-11-38-18)23(37-6)13-22(20)33-17(2)34-26/h7-9,12-13,16,18,36H,10-11,14-15H2,1-6H3,(H,32,33,34)/t16-,18-/m1/s1.